The number of nitrogens with zero attached hydrogens (tertiary/aromatic N) is 1. The summed E-state index contributed by atoms with van der Waals surface area (Å²) in [5, 5.41) is 0. The van der Waals surface area contributed by atoms with Crippen LogP contribution in [0.2, 0.25) is 0 Å². The van der Waals surface area contributed by atoms with Gasteiger partial charge in [-0.05, 0) is 13.1 Å². The van der Waals surface area contributed by atoms with Crippen LogP contribution in [-0.2, 0) is 6.54 Å². The first-order valence-corrected chi connectivity index (χ1v) is 4.90. The largest absolute Gasteiger partial charge is 0.301 e. The zero-order valence-electron chi connectivity index (χ0n) is 7.70. The summed E-state index contributed by atoms with van der Waals surface area (Å²) in [5.74, 6) is 0.666. The molecule has 0 spiro atoms. The van der Waals surface area contributed by atoms with E-state index in [1.54, 1.807) is 6.07 Å². The van der Waals surface area contributed by atoms with Crippen LogP contribution >= 0.6 is 12.6 Å². The van der Waals surface area contributed by atoms with Crippen LogP contribution in [0, 0.1) is 5.82 Å². The van der Waals surface area contributed by atoms with Crippen LogP contribution in [0.25, 0.3) is 0 Å². The zero-order valence-corrected chi connectivity index (χ0v) is 8.60. The summed E-state index contributed by atoms with van der Waals surface area (Å²) >= 11 is 4.12. The van der Waals surface area contributed by atoms with E-state index in [4.69, 9.17) is 0 Å². The van der Waals surface area contributed by atoms with Gasteiger partial charge in [0.25, 0.3) is 0 Å². The minimum absolute atomic E-state index is 0.131. The highest BCUT2D eigenvalue weighted by Gasteiger charge is 2.03. The number of halogens is 1. The lowest BCUT2D eigenvalue weighted by molar-refractivity contribution is 0.342. The molecule has 0 atom stereocenters. The second-order valence-electron chi connectivity index (χ2n) is 3.05. The summed E-state index contributed by atoms with van der Waals surface area (Å²) in [6.07, 6.45) is 0. The molecule has 0 amide bonds. The van der Waals surface area contributed by atoms with Crippen molar-refractivity contribution in [1.29, 1.82) is 0 Å². The molecule has 0 aliphatic rings. The molecule has 1 nitrogen and oxygen atoms in total. The van der Waals surface area contributed by atoms with Gasteiger partial charge in [-0.25, -0.2) is 4.39 Å². The lowest BCUT2D eigenvalue weighted by Crippen LogP contribution is -2.20. The maximum atomic E-state index is 13.1. The third-order valence-electron chi connectivity index (χ3n) is 1.88. The number of hydrogen-bond donors (Lipinski definition) is 1. The van der Waals surface area contributed by atoms with Gasteiger partial charge in [0.05, 0.1) is 0 Å². The van der Waals surface area contributed by atoms with Gasteiger partial charge in [-0.15, -0.1) is 0 Å². The fourth-order valence-electron chi connectivity index (χ4n) is 1.17. The molecule has 0 bridgehead atoms. The first kappa shape index (κ1) is 10.5. The van der Waals surface area contributed by atoms with E-state index in [0.29, 0.717) is 6.54 Å². The molecule has 0 radical (unpaired) electrons. The van der Waals surface area contributed by atoms with Gasteiger partial charge in [0.15, 0.2) is 0 Å². The summed E-state index contributed by atoms with van der Waals surface area (Å²) in [4.78, 5) is 2.05. The highest BCUT2D eigenvalue weighted by molar-refractivity contribution is 7.80. The quantitative estimate of drug-likeness (QED) is 0.727. The molecule has 0 fully saturated rings. The van der Waals surface area contributed by atoms with E-state index >= 15 is 0 Å². The van der Waals surface area contributed by atoms with E-state index in [0.717, 1.165) is 17.9 Å². The molecule has 1 aromatic carbocycles. The van der Waals surface area contributed by atoms with Crippen molar-refractivity contribution in [3.63, 3.8) is 0 Å². The molecular formula is C10H14FNS. The molecule has 1 aromatic rings. The van der Waals surface area contributed by atoms with Crippen molar-refractivity contribution in [2.45, 2.75) is 6.54 Å². The number of rotatable bonds is 4. The van der Waals surface area contributed by atoms with E-state index in [1.165, 1.54) is 6.07 Å². The Hall–Kier alpha value is -0.540. The molecule has 0 aliphatic carbocycles. The van der Waals surface area contributed by atoms with Crippen LogP contribution in [0.1, 0.15) is 5.56 Å². The van der Waals surface area contributed by atoms with E-state index in [-0.39, 0.29) is 5.82 Å². The van der Waals surface area contributed by atoms with Gasteiger partial charge in [0, 0.05) is 24.4 Å². The third-order valence-corrected chi connectivity index (χ3v) is 2.08. The van der Waals surface area contributed by atoms with Crippen molar-refractivity contribution in [2.75, 3.05) is 19.3 Å². The van der Waals surface area contributed by atoms with Crippen LogP contribution in [0.5, 0.6) is 0 Å². The number of hydrogen-bond acceptors (Lipinski definition) is 2. The molecule has 0 saturated heterocycles. The number of benzene rings is 1. The van der Waals surface area contributed by atoms with Crippen LogP contribution in [0.15, 0.2) is 24.3 Å². The standard InChI is InChI=1S/C10H14FNS/c1-12(6-7-13)8-9-4-2-3-5-10(9)11/h2-5,13H,6-8H2,1H3. The molecule has 72 valence electrons. The lowest BCUT2D eigenvalue weighted by Gasteiger charge is -2.15. The third kappa shape index (κ3) is 3.36. The summed E-state index contributed by atoms with van der Waals surface area (Å²) in [5.41, 5.74) is 0.742. The average Bonchev–Trinajstić information content (AvgIpc) is 2.09. The maximum Gasteiger partial charge on any atom is 0.127 e. The molecule has 3 heteroatoms. The van der Waals surface area contributed by atoms with Crippen LogP contribution in [0.3, 0.4) is 0 Å². The van der Waals surface area contributed by atoms with Crippen molar-refractivity contribution in [1.82, 2.24) is 4.90 Å². The first-order valence-electron chi connectivity index (χ1n) is 4.27. The molecule has 0 aromatic heterocycles. The Balaban J connectivity index is 2.58. The van der Waals surface area contributed by atoms with E-state index in [9.17, 15) is 4.39 Å². The topological polar surface area (TPSA) is 3.24 Å². The van der Waals surface area contributed by atoms with Gasteiger partial charge < -0.3 is 4.90 Å². The monoisotopic (exact) mass is 199 g/mol. The van der Waals surface area contributed by atoms with E-state index < -0.39 is 0 Å². The van der Waals surface area contributed by atoms with Crippen LogP contribution in [0.4, 0.5) is 4.39 Å². The Morgan fingerprint density at radius 2 is 2.08 bits per heavy atom. The zero-order chi connectivity index (χ0) is 9.68. The SMILES string of the molecule is CN(CCS)Cc1ccccc1F. The summed E-state index contributed by atoms with van der Waals surface area (Å²) in [6.45, 7) is 1.52. The normalized spacial score (nSPS) is 10.8. The van der Waals surface area contributed by atoms with Crippen molar-refractivity contribution in [3.05, 3.63) is 35.6 Å². The van der Waals surface area contributed by atoms with Crippen molar-refractivity contribution in [2.24, 2.45) is 0 Å². The molecule has 13 heavy (non-hydrogen) atoms. The van der Waals surface area contributed by atoms with Crippen LogP contribution < -0.4 is 0 Å². The van der Waals surface area contributed by atoms with Crippen molar-refractivity contribution >= 4 is 12.6 Å². The molecular weight excluding hydrogens is 185 g/mol. The predicted octanol–water partition coefficient (Wildman–Crippen LogP) is 2.19. The molecule has 0 heterocycles. The van der Waals surface area contributed by atoms with Gasteiger partial charge in [-0.2, -0.15) is 12.6 Å². The minimum Gasteiger partial charge on any atom is -0.301 e. The first-order chi connectivity index (χ1) is 6.24. The Kier molecular flexibility index (Phi) is 4.25. The molecule has 0 N–H and O–H groups in total. The van der Waals surface area contributed by atoms with Crippen LogP contribution in [-0.4, -0.2) is 24.2 Å². The molecule has 0 saturated carbocycles. The summed E-state index contributed by atoms with van der Waals surface area (Å²) in [7, 11) is 1.96. The lowest BCUT2D eigenvalue weighted by atomic mass is 10.2. The Morgan fingerprint density at radius 1 is 1.38 bits per heavy atom. The fourth-order valence-corrected chi connectivity index (χ4v) is 1.51. The fraction of sp³-hybridized carbons (Fsp3) is 0.400. The van der Waals surface area contributed by atoms with E-state index in [2.05, 4.69) is 12.6 Å². The molecule has 0 aliphatic heterocycles. The average molecular weight is 199 g/mol. The Morgan fingerprint density at radius 3 is 2.69 bits per heavy atom. The second kappa shape index (κ2) is 5.25. The summed E-state index contributed by atoms with van der Waals surface area (Å²) < 4.78 is 13.1. The van der Waals surface area contributed by atoms with Crippen molar-refractivity contribution in [3.8, 4) is 0 Å². The van der Waals surface area contributed by atoms with Gasteiger partial charge in [0.1, 0.15) is 5.82 Å². The molecule has 0 unspecified atom stereocenters. The minimum atomic E-state index is -0.131. The maximum absolute atomic E-state index is 13.1. The van der Waals surface area contributed by atoms with Gasteiger partial charge >= 0.3 is 0 Å². The highest BCUT2D eigenvalue weighted by atomic mass is 32.1. The smallest absolute Gasteiger partial charge is 0.127 e. The Labute approximate surface area is 84.0 Å². The van der Waals surface area contributed by atoms with Gasteiger partial charge in [-0.1, -0.05) is 18.2 Å². The van der Waals surface area contributed by atoms with E-state index in [1.807, 2.05) is 24.1 Å². The highest BCUT2D eigenvalue weighted by Crippen LogP contribution is 2.08. The summed E-state index contributed by atoms with van der Waals surface area (Å²) in [6, 6.07) is 6.86. The number of thiol groups is 1. The predicted molar refractivity (Wildman–Crippen MR) is 56.6 cm³/mol. The molecule has 1 rings (SSSR count). The van der Waals surface area contributed by atoms with Crippen molar-refractivity contribution < 1.29 is 4.39 Å². The van der Waals surface area contributed by atoms with Gasteiger partial charge in [0.2, 0.25) is 0 Å². The van der Waals surface area contributed by atoms with Gasteiger partial charge in [-0.3, -0.25) is 0 Å². The Bertz CT molecular complexity index is 265. The second-order valence-corrected chi connectivity index (χ2v) is 3.50.